The van der Waals surface area contributed by atoms with Gasteiger partial charge in [0.2, 0.25) is 5.88 Å². The Morgan fingerprint density at radius 1 is 1.53 bits per heavy atom. The molecule has 1 aliphatic rings. The molecule has 1 unspecified atom stereocenters. The minimum Gasteiger partial charge on any atom is -0.481 e. The van der Waals surface area contributed by atoms with Gasteiger partial charge in [0, 0.05) is 24.4 Å². The summed E-state index contributed by atoms with van der Waals surface area (Å²) in [5.41, 5.74) is 6.60. The summed E-state index contributed by atoms with van der Waals surface area (Å²) < 4.78 is 4.98. The third kappa shape index (κ3) is 1.93. The average Bonchev–Trinajstić information content (AvgIpc) is 2.63. The van der Waals surface area contributed by atoms with Crippen molar-refractivity contribution in [3.8, 4) is 5.88 Å². The summed E-state index contributed by atoms with van der Waals surface area (Å²) in [4.78, 5) is 21.0. The molecule has 1 atom stereocenters. The standard InChI is InChI=1S/C11H14N4O2/c1-3-15-9(10(12)14-11(15)16)7-4-5-8(17-2)13-6-7/h4-6,9H,3H2,1-2H3,(H2,12,14,16). The van der Waals surface area contributed by atoms with Crippen LogP contribution >= 0.6 is 0 Å². The molecule has 0 radical (unpaired) electrons. The third-order valence-corrected chi connectivity index (χ3v) is 2.69. The number of hydrogen-bond donors (Lipinski definition) is 1. The van der Waals surface area contributed by atoms with Crippen LogP contribution in [0.2, 0.25) is 0 Å². The molecule has 2 N–H and O–H groups in total. The lowest BCUT2D eigenvalue weighted by Crippen LogP contribution is -2.33. The maximum atomic E-state index is 11.5. The van der Waals surface area contributed by atoms with Gasteiger partial charge in [-0.1, -0.05) is 0 Å². The molecule has 0 bridgehead atoms. The number of carbonyl (C=O) groups is 1. The number of aliphatic imine (C=N–C) groups is 1. The van der Waals surface area contributed by atoms with E-state index >= 15 is 0 Å². The number of pyridine rings is 1. The van der Waals surface area contributed by atoms with Gasteiger partial charge in [0.1, 0.15) is 11.9 Å². The molecule has 2 rings (SSSR count). The van der Waals surface area contributed by atoms with Crippen LogP contribution in [-0.2, 0) is 0 Å². The SMILES string of the molecule is CCN1C(=O)N=C(N)C1c1ccc(OC)nc1. The molecule has 0 saturated carbocycles. The Hall–Kier alpha value is -2.11. The first kappa shape index (κ1) is 11.4. The van der Waals surface area contributed by atoms with Gasteiger partial charge in [-0.05, 0) is 13.0 Å². The van der Waals surface area contributed by atoms with E-state index in [4.69, 9.17) is 10.5 Å². The molecule has 0 spiro atoms. The van der Waals surface area contributed by atoms with Crippen molar-refractivity contribution in [2.45, 2.75) is 13.0 Å². The number of amides is 2. The van der Waals surface area contributed by atoms with Crippen molar-refractivity contribution in [1.82, 2.24) is 9.88 Å². The van der Waals surface area contributed by atoms with Crippen LogP contribution in [0.5, 0.6) is 5.88 Å². The normalized spacial score (nSPS) is 19.4. The van der Waals surface area contributed by atoms with E-state index in [-0.39, 0.29) is 12.1 Å². The molecular weight excluding hydrogens is 220 g/mol. The van der Waals surface area contributed by atoms with Crippen molar-refractivity contribution in [3.05, 3.63) is 23.9 Å². The van der Waals surface area contributed by atoms with Crippen molar-refractivity contribution >= 4 is 11.9 Å². The van der Waals surface area contributed by atoms with Crippen LogP contribution in [0.25, 0.3) is 0 Å². The molecule has 2 amide bonds. The molecule has 6 heteroatoms. The van der Waals surface area contributed by atoms with Gasteiger partial charge in [-0.15, -0.1) is 0 Å². The lowest BCUT2D eigenvalue weighted by molar-refractivity contribution is 0.209. The average molecular weight is 234 g/mol. The highest BCUT2D eigenvalue weighted by atomic mass is 16.5. The smallest absolute Gasteiger partial charge is 0.346 e. The first-order valence-electron chi connectivity index (χ1n) is 5.32. The molecule has 0 saturated heterocycles. The second-order valence-corrected chi connectivity index (χ2v) is 3.64. The van der Waals surface area contributed by atoms with Crippen LogP contribution in [0.3, 0.4) is 0 Å². The highest BCUT2D eigenvalue weighted by Gasteiger charge is 2.33. The lowest BCUT2D eigenvalue weighted by atomic mass is 10.1. The zero-order valence-corrected chi connectivity index (χ0v) is 9.75. The predicted molar refractivity (Wildman–Crippen MR) is 62.9 cm³/mol. The summed E-state index contributed by atoms with van der Waals surface area (Å²) in [6, 6.07) is 2.95. The molecule has 2 heterocycles. The highest BCUT2D eigenvalue weighted by Crippen LogP contribution is 2.26. The summed E-state index contributed by atoms with van der Waals surface area (Å²) in [5.74, 6) is 0.834. The Kier molecular flexibility index (Phi) is 2.95. The van der Waals surface area contributed by atoms with E-state index < -0.39 is 0 Å². The van der Waals surface area contributed by atoms with Crippen LogP contribution in [0.1, 0.15) is 18.5 Å². The number of carbonyl (C=O) groups excluding carboxylic acids is 1. The second-order valence-electron chi connectivity index (χ2n) is 3.64. The molecular formula is C11H14N4O2. The highest BCUT2D eigenvalue weighted by molar-refractivity contribution is 6.03. The Bertz CT molecular complexity index is 455. The summed E-state index contributed by atoms with van der Waals surface area (Å²) in [7, 11) is 1.55. The first-order valence-corrected chi connectivity index (χ1v) is 5.32. The van der Waals surface area contributed by atoms with E-state index in [1.54, 1.807) is 24.3 Å². The summed E-state index contributed by atoms with van der Waals surface area (Å²) >= 11 is 0. The van der Waals surface area contributed by atoms with Crippen molar-refractivity contribution in [3.63, 3.8) is 0 Å². The number of urea groups is 1. The molecule has 1 aromatic heterocycles. The fraction of sp³-hybridized carbons (Fsp3) is 0.364. The maximum absolute atomic E-state index is 11.5. The first-order chi connectivity index (χ1) is 8.17. The molecule has 6 nitrogen and oxygen atoms in total. The number of amidine groups is 1. The van der Waals surface area contributed by atoms with Crippen LogP contribution < -0.4 is 10.5 Å². The number of hydrogen-bond acceptors (Lipinski definition) is 4. The van der Waals surface area contributed by atoms with E-state index in [9.17, 15) is 4.79 Å². The molecule has 1 aliphatic heterocycles. The Labute approximate surface area is 99.1 Å². The number of aromatic nitrogens is 1. The van der Waals surface area contributed by atoms with E-state index in [1.165, 1.54) is 0 Å². The Morgan fingerprint density at radius 2 is 2.29 bits per heavy atom. The van der Waals surface area contributed by atoms with Crippen LogP contribution in [0, 0.1) is 0 Å². The molecule has 90 valence electrons. The molecule has 0 aromatic carbocycles. The summed E-state index contributed by atoms with van der Waals surface area (Å²) in [6.45, 7) is 2.44. The fourth-order valence-electron chi connectivity index (χ4n) is 1.85. The summed E-state index contributed by atoms with van der Waals surface area (Å²) in [5, 5.41) is 0. The van der Waals surface area contributed by atoms with Gasteiger partial charge >= 0.3 is 6.03 Å². The van der Waals surface area contributed by atoms with Gasteiger partial charge in [-0.25, -0.2) is 9.78 Å². The molecule has 17 heavy (non-hydrogen) atoms. The predicted octanol–water partition coefficient (Wildman–Crippen LogP) is 0.944. The fourth-order valence-corrected chi connectivity index (χ4v) is 1.85. The van der Waals surface area contributed by atoms with Crippen molar-refractivity contribution in [2.24, 2.45) is 10.7 Å². The van der Waals surface area contributed by atoms with Gasteiger partial charge < -0.3 is 15.4 Å². The summed E-state index contributed by atoms with van der Waals surface area (Å²) in [6.07, 6.45) is 1.65. The van der Waals surface area contributed by atoms with Gasteiger partial charge in [-0.2, -0.15) is 4.99 Å². The molecule has 0 aliphatic carbocycles. The topological polar surface area (TPSA) is 80.8 Å². The van der Waals surface area contributed by atoms with E-state index in [0.29, 0.717) is 18.3 Å². The van der Waals surface area contributed by atoms with E-state index in [0.717, 1.165) is 5.56 Å². The van der Waals surface area contributed by atoms with Gasteiger partial charge in [0.15, 0.2) is 0 Å². The van der Waals surface area contributed by atoms with E-state index in [1.807, 2.05) is 13.0 Å². The van der Waals surface area contributed by atoms with Gasteiger partial charge in [0.05, 0.1) is 7.11 Å². The number of rotatable bonds is 3. The molecule has 1 aromatic rings. The monoisotopic (exact) mass is 234 g/mol. The number of likely N-dealkylation sites (N-methyl/N-ethyl adjacent to an activating group) is 1. The number of nitrogens with zero attached hydrogens (tertiary/aromatic N) is 3. The van der Waals surface area contributed by atoms with Gasteiger partial charge in [-0.3, -0.25) is 0 Å². The third-order valence-electron chi connectivity index (χ3n) is 2.69. The zero-order valence-electron chi connectivity index (χ0n) is 9.75. The number of methoxy groups -OCH3 is 1. The quantitative estimate of drug-likeness (QED) is 0.844. The van der Waals surface area contributed by atoms with Crippen molar-refractivity contribution < 1.29 is 9.53 Å². The second kappa shape index (κ2) is 4.40. The Morgan fingerprint density at radius 3 is 2.82 bits per heavy atom. The Balaban J connectivity index is 2.31. The lowest BCUT2D eigenvalue weighted by Gasteiger charge is -2.22. The van der Waals surface area contributed by atoms with E-state index in [2.05, 4.69) is 9.98 Å². The van der Waals surface area contributed by atoms with Crippen molar-refractivity contribution in [1.29, 1.82) is 0 Å². The van der Waals surface area contributed by atoms with Gasteiger partial charge in [0.25, 0.3) is 0 Å². The van der Waals surface area contributed by atoms with Crippen molar-refractivity contribution in [2.75, 3.05) is 13.7 Å². The minimum atomic E-state index is -0.314. The maximum Gasteiger partial charge on any atom is 0.346 e. The molecule has 0 fully saturated rings. The van der Waals surface area contributed by atoms with Crippen LogP contribution in [-0.4, -0.2) is 35.4 Å². The van der Waals surface area contributed by atoms with Crippen LogP contribution in [0.4, 0.5) is 4.79 Å². The minimum absolute atomic E-state index is 0.300. The number of nitrogens with two attached hydrogens (primary N) is 1. The zero-order chi connectivity index (χ0) is 12.4. The van der Waals surface area contributed by atoms with Crippen LogP contribution in [0.15, 0.2) is 23.3 Å². The number of ether oxygens (including phenoxy) is 1. The largest absolute Gasteiger partial charge is 0.481 e.